The Balaban J connectivity index is 1.23. The van der Waals surface area contributed by atoms with Gasteiger partial charge < -0.3 is 20.0 Å². The first-order valence-corrected chi connectivity index (χ1v) is 25.4. The molecule has 0 fully saturated rings. The number of benzene rings is 7. The molecule has 0 saturated heterocycles. The van der Waals surface area contributed by atoms with E-state index in [2.05, 4.69) is 133 Å². The van der Waals surface area contributed by atoms with E-state index in [1.54, 1.807) is 18.2 Å². The molecule has 0 saturated carbocycles. The van der Waals surface area contributed by atoms with Crippen molar-refractivity contribution in [1.82, 2.24) is 4.58 Å². The second-order valence-corrected chi connectivity index (χ2v) is 19.7. The van der Waals surface area contributed by atoms with Crippen LogP contribution in [0.3, 0.4) is 0 Å². The predicted molar refractivity (Wildman–Crippen MR) is 284 cm³/mol. The van der Waals surface area contributed by atoms with E-state index in [-0.39, 0.29) is 16.7 Å². The monoisotopic (exact) mass is 953 g/mol. The molecule has 0 atom stereocenters. The highest BCUT2D eigenvalue weighted by molar-refractivity contribution is 7.86. The molecule has 6 aromatic rings. The molecule has 0 radical (unpaired) electrons. The van der Waals surface area contributed by atoms with Crippen LogP contribution in [0.4, 0.5) is 28.4 Å². The van der Waals surface area contributed by atoms with Gasteiger partial charge in [-0.15, -0.1) is 0 Å². The van der Waals surface area contributed by atoms with E-state index in [4.69, 9.17) is 4.42 Å². The molecule has 2 aliphatic rings. The predicted octanol–water partition coefficient (Wildman–Crippen LogP) is 12.9. The molecule has 1 aliphatic carbocycles. The molecule has 0 spiro atoms. The van der Waals surface area contributed by atoms with Crippen LogP contribution in [0.2, 0.25) is 0 Å². The maximum atomic E-state index is 13.1. The maximum Gasteiger partial charge on any atom is 0.295 e. The Labute approximate surface area is 411 Å². The summed E-state index contributed by atoms with van der Waals surface area (Å²) in [5, 5.41) is 7.32. The van der Waals surface area contributed by atoms with Gasteiger partial charge in [0.15, 0.2) is 0 Å². The fourth-order valence-electron chi connectivity index (χ4n) is 9.71. The Hall–Kier alpha value is -7.34. The molecule has 1 aliphatic heterocycles. The number of fused-ring (bicyclic) bond motifs is 2. The van der Waals surface area contributed by atoms with E-state index in [0.29, 0.717) is 33.4 Å². The molecule has 8 rings (SSSR count). The van der Waals surface area contributed by atoms with Gasteiger partial charge in [-0.05, 0) is 131 Å². The maximum absolute atomic E-state index is 13.1. The van der Waals surface area contributed by atoms with Gasteiger partial charge in [0.25, 0.3) is 10.1 Å². The lowest BCUT2D eigenvalue weighted by Gasteiger charge is -2.29. The van der Waals surface area contributed by atoms with Crippen LogP contribution in [-0.2, 0) is 32.5 Å². The Kier molecular flexibility index (Phi) is 15.1. The second-order valence-electron chi connectivity index (χ2n) is 18.3. The summed E-state index contributed by atoms with van der Waals surface area (Å²) in [4.78, 5) is 25.3. The zero-order valence-electron chi connectivity index (χ0n) is 40.8. The largest absolute Gasteiger partial charge is 0.456 e. The number of aryl methyl sites for hydroxylation is 6. The lowest BCUT2D eigenvalue weighted by Crippen LogP contribution is -2.28. The number of carbonyl (C=O) groups excluding carboxylic acids is 2. The number of rotatable bonds is 17. The molecule has 11 heteroatoms. The molecule has 0 bridgehead atoms. The minimum atomic E-state index is -4.61. The molecular weight excluding hydrogens is 893 g/mol. The number of nitrogens with one attached hydrogen (secondary N) is 2. The molecule has 6 aromatic carbocycles. The van der Waals surface area contributed by atoms with Crippen LogP contribution < -0.4 is 25.5 Å². The van der Waals surface area contributed by atoms with E-state index in [1.807, 2.05) is 36.4 Å². The summed E-state index contributed by atoms with van der Waals surface area (Å²) in [6.07, 6.45) is 5.42. The summed E-state index contributed by atoms with van der Waals surface area (Å²) >= 11 is 0. The standard InChI is InChI=1S/C59H60N4O6S/c1-39-15-13-16-40(2)58(39)62(35-11-9-19-45-23-27-47(28-24-45)60-43(5)64)49-31-33-51-54(37-49)69-55-38-50(32-34-52(55)57(51)53-21-7-8-22-56(53)70(66,67)68)63(59-41(3)17-14-18-42(59)4)36-12-10-20-46-25-29-48(30-26-46)61-44(6)65/h7-8,13-18,21-34,37-38H,9-12,19-20,35-36H2,1-6H3,(H2-,60,61,64,65,66,67,68)/p+1. The van der Waals surface area contributed by atoms with Crippen molar-refractivity contribution in [2.45, 2.75) is 85.0 Å². The number of hydrogen-bond acceptors (Lipinski definition) is 6. The number of para-hydroxylation sites is 2. The van der Waals surface area contributed by atoms with Crippen molar-refractivity contribution in [2.24, 2.45) is 0 Å². The van der Waals surface area contributed by atoms with Gasteiger partial charge in [0.05, 0.1) is 6.07 Å². The topological polar surface area (TPSA) is 132 Å². The van der Waals surface area contributed by atoms with Crippen molar-refractivity contribution >= 4 is 61.3 Å². The summed E-state index contributed by atoms with van der Waals surface area (Å²) in [5.41, 5.74) is 14.0. The Morgan fingerprint density at radius 3 is 1.77 bits per heavy atom. The summed E-state index contributed by atoms with van der Waals surface area (Å²) in [6.45, 7) is 13.0. The fourth-order valence-corrected chi connectivity index (χ4v) is 10.4. The molecule has 70 heavy (non-hydrogen) atoms. The minimum absolute atomic E-state index is 0.0963. The van der Waals surface area contributed by atoms with Crippen molar-refractivity contribution in [3.63, 3.8) is 0 Å². The van der Waals surface area contributed by atoms with Gasteiger partial charge in [-0.25, -0.2) is 0 Å². The highest BCUT2D eigenvalue weighted by atomic mass is 32.2. The smallest absolute Gasteiger partial charge is 0.295 e. The third-order valence-corrected chi connectivity index (χ3v) is 13.8. The Bertz CT molecular complexity index is 3320. The van der Waals surface area contributed by atoms with Crippen molar-refractivity contribution in [2.75, 3.05) is 28.6 Å². The number of hydrogen-bond donors (Lipinski definition) is 3. The molecule has 0 aromatic heterocycles. The van der Waals surface area contributed by atoms with Crippen molar-refractivity contribution in [3.8, 4) is 22.5 Å². The zero-order valence-corrected chi connectivity index (χ0v) is 41.6. The second kappa shape index (κ2) is 21.5. The highest BCUT2D eigenvalue weighted by Crippen LogP contribution is 2.44. The first-order valence-electron chi connectivity index (χ1n) is 24.0. The van der Waals surface area contributed by atoms with Gasteiger partial charge in [-0.2, -0.15) is 13.0 Å². The third kappa shape index (κ3) is 11.4. The van der Waals surface area contributed by atoms with E-state index in [1.165, 1.54) is 31.0 Å². The van der Waals surface area contributed by atoms with Crippen LogP contribution in [0.1, 0.15) is 72.9 Å². The SMILES string of the molecule is CC(=O)Nc1ccc(CCCCN(c2ccc3c(-c4ccccc4S(=O)(=O)O)c4ccc(=[N+](CCCCc5ccc(NC(C)=O)cc5)c5c(C)cccc5C)cc-4oc3c2)c2c(C)cccc2C)cc1. The number of anilines is 4. The Morgan fingerprint density at radius 2 is 1.19 bits per heavy atom. The van der Waals surface area contributed by atoms with E-state index in [0.717, 1.165) is 108 Å². The first kappa shape index (κ1) is 49.1. The normalized spacial score (nSPS) is 12.0. The third-order valence-electron chi connectivity index (χ3n) is 12.9. The summed E-state index contributed by atoms with van der Waals surface area (Å²) in [6, 6.07) is 47.5. The van der Waals surface area contributed by atoms with Gasteiger partial charge in [0.1, 0.15) is 22.8 Å². The lowest BCUT2D eigenvalue weighted by atomic mass is 9.93. The highest BCUT2D eigenvalue weighted by Gasteiger charge is 2.26. The Morgan fingerprint density at radius 1 is 0.614 bits per heavy atom. The number of nitrogens with zero attached hydrogens (tertiary/aromatic N) is 2. The van der Waals surface area contributed by atoms with Crippen LogP contribution >= 0.6 is 0 Å². The van der Waals surface area contributed by atoms with E-state index in [9.17, 15) is 22.6 Å². The molecule has 2 amide bonds. The quantitative estimate of drug-likeness (QED) is 0.0358. The molecule has 10 nitrogen and oxygen atoms in total. The van der Waals surface area contributed by atoms with Gasteiger partial charge in [0.2, 0.25) is 22.9 Å². The van der Waals surface area contributed by atoms with Gasteiger partial charge >= 0.3 is 0 Å². The van der Waals surface area contributed by atoms with Crippen LogP contribution in [0.15, 0.2) is 155 Å². The van der Waals surface area contributed by atoms with Crippen LogP contribution in [0, 0.1) is 27.7 Å². The fraction of sp³-hybridized carbons (Fsp3) is 0.237. The van der Waals surface area contributed by atoms with Crippen molar-refractivity contribution in [1.29, 1.82) is 0 Å². The van der Waals surface area contributed by atoms with Crippen molar-refractivity contribution in [3.05, 3.63) is 184 Å². The average molecular weight is 954 g/mol. The summed E-state index contributed by atoms with van der Waals surface area (Å²) in [7, 11) is -4.61. The zero-order chi connectivity index (χ0) is 49.5. The van der Waals surface area contributed by atoms with Crippen LogP contribution in [0.5, 0.6) is 0 Å². The van der Waals surface area contributed by atoms with Gasteiger partial charge in [-0.3, -0.25) is 14.1 Å². The number of amides is 2. The van der Waals surface area contributed by atoms with E-state index >= 15 is 0 Å². The number of carbonyl (C=O) groups is 2. The molecule has 3 N–H and O–H groups in total. The van der Waals surface area contributed by atoms with Gasteiger partial charge in [0, 0.05) is 94.9 Å². The summed E-state index contributed by atoms with van der Waals surface area (Å²) in [5.74, 6) is 0.378. The average Bonchev–Trinajstić information content (AvgIpc) is 3.32. The molecule has 0 unspecified atom stereocenters. The molecule has 358 valence electrons. The van der Waals surface area contributed by atoms with Gasteiger partial charge in [-0.1, -0.05) is 78.9 Å². The van der Waals surface area contributed by atoms with Crippen LogP contribution in [0.25, 0.3) is 33.4 Å². The lowest BCUT2D eigenvalue weighted by molar-refractivity contribution is -0.115. The molecule has 1 heterocycles. The minimum Gasteiger partial charge on any atom is -0.456 e. The van der Waals surface area contributed by atoms with Crippen molar-refractivity contribution < 1.29 is 27.0 Å². The summed E-state index contributed by atoms with van der Waals surface area (Å²) < 4.78 is 46.1. The van der Waals surface area contributed by atoms with E-state index < -0.39 is 10.1 Å². The molecular formula is C59H61N4O6S+. The van der Waals surface area contributed by atoms with Crippen LogP contribution in [-0.4, -0.2) is 37.9 Å². The number of unbranched alkanes of at least 4 members (excludes halogenated alkanes) is 2. The first-order chi connectivity index (χ1) is 33.6.